The van der Waals surface area contributed by atoms with Crippen LogP contribution < -0.4 is 5.32 Å². The van der Waals surface area contributed by atoms with Crippen LogP contribution in [0.3, 0.4) is 0 Å². The maximum absolute atomic E-state index is 12.3. The normalized spacial score (nSPS) is 10.5. The number of carboxylic acid groups (broad SMARTS) is 1. The highest BCUT2D eigenvalue weighted by Crippen LogP contribution is 2.24. The van der Waals surface area contributed by atoms with Gasteiger partial charge in [0.25, 0.3) is 0 Å². The highest BCUT2D eigenvalue weighted by molar-refractivity contribution is 7.99. The fourth-order valence-corrected chi connectivity index (χ4v) is 3.50. The van der Waals surface area contributed by atoms with Crippen molar-refractivity contribution < 1.29 is 14.7 Å². The Bertz CT molecular complexity index is 1060. The Morgan fingerprint density at radius 1 is 1.31 bits per heavy atom. The molecular formula is C19H16ClN5O3S. The second-order valence-electron chi connectivity index (χ2n) is 5.78. The molecule has 1 aromatic carbocycles. The van der Waals surface area contributed by atoms with E-state index in [-0.39, 0.29) is 22.2 Å². The number of rotatable bonds is 8. The molecule has 0 spiro atoms. The third-order valence-electron chi connectivity index (χ3n) is 3.76. The Morgan fingerprint density at radius 3 is 2.79 bits per heavy atom. The topological polar surface area (TPSA) is 110 Å². The van der Waals surface area contributed by atoms with E-state index in [1.54, 1.807) is 18.5 Å². The zero-order chi connectivity index (χ0) is 20.8. The number of hydrogen-bond donors (Lipinski definition) is 2. The molecule has 29 heavy (non-hydrogen) atoms. The molecule has 8 nitrogen and oxygen atoms in total. The van der Waals surface area contributed by atoms with Crippen molar-refractivity contribution in [2.24, 2.45) is 0 Å². The van der Waals surface area contributed by atoms with Gasteiger partial charge in [0.1, 0.15) is 0 Å². The maximum atomic E-state index is 12.3. The second kappa shape index (κ2) is 9.35. The third-order valence-corrected chi connectivity index (χ3v) is 5.04. The molecule has 0 bridgehead atoms. The van der Waals surface area contributed by atoms with Crippen molar-refractivity contribution in [1.29, 1.82) is 0 Å². The average molecular weight is 430 g/mol. The molecule has 0 fully saturated rings. The number of allylic oxidation sites excluding steroid dienone is 1. The lowest BCUT2D eigenvalue weighted by molar-refractivity contribution is -0.113. The first kappa shape index (κ1) is 20.6. The number of nitrogens with zero attached hydrogens (tertiary/aromatic N) is 4. The fourth-order valence-electron chi connectivity index (χ4n) is 2.49. The van der Waals surface area contributed by atoms with E-state index < -0.39 is 5.97 Å². The molecule has 0 saturated heterocycles. The predicted octanol–water partition coefficient (Wildman–Crippen LogP) is 3.61. The lowest BCUT2D eigenvalue weighted by Gasteiger charge is -2.08. The Hall–Kier alpha value is -3.17. The monoisotopic (exact) mass is 429 g/mol. The molecule has 2 N–H and O–H groups in total. The summed E-state index contributed by atoms with van der Waals surface area (Å²) in [6, 6.07) is 7.91. The van der Waals surface area contributed by atoms with Crippen molar-refractivity contribution in [2.45, 2.75) is 11.7 Å². The van der Waals surface area contributed by atoms with E-state index in [0.29, 0.717) is 23.2 Å². The summed E-state index contributed by atoms with van der Waals surface area (Å²) in [6.45, 7) is 4.23. The number of pyridine rings is 1. The average Bonchev–Trinajstić information content (AvgIpc) is 3.10. The van der Waals surface area contributed by atoms with E-state index in [4.69, 9.17) is 16.7 Å². The number of thioether (sulfide) groups is 1. The van der Waals surface area contributed by atoms with Crippen LogP contribution >= 0.6 is 23.4 Å². The van der Waals surface area contributed by atoms with Gasteiger partial charge < -0.3 is 10.4 Å². The van der Waals surface area contributed by atoms with E-state index in [1.165, 1.54) is 30.0 Å². The van der Waals surface area contributed by atoms with E-state index >= 15 is 0 Å². The number of carbonyl (C=O) groups is 2. The number of amides is 1. The molecule has 2 heterocycles. The van der Waals surface area contributed by atoms with E-state index in [0.717, 1.165) is 5.56 Å². The number of benzene rings is 1. The molecule has 0 atom stereocenters. The van der Waals surface area contributed by atoms with Gasteiger partial charge in [0.05, 0.1) is 16.3 Å². The Kier molecular flexibility index (Phi) is 6.63. The van der Waals surface area contributed by atoms with Crippen LogP contribution in [0.4, 0.5) is 5.69 Å². The first-order valence-corrected chi connectivity index (χ1v) is 9.76. The molecule has 1 amide bonds. The van der Waals surface area contributed by atoms with Crippen LogP contribution in [0, 0.1) is 0 Å². The van der Waals surface area contributed by atoms with Crippen molar-refractivity contribution in [3.63, 3.8) is 0 Å². The molecule has 0 aliphatic heterocycles. The second-order valence-corrected chi connectivity index (χ2v) is 7.13. The third kappa shape index (κ3) is 5.01. The van der Waals surface area contributed by atoms with Crippen molar-refractivity contribution in [2.75, 3.05) is 11.1 Å². The molecule has 0 unspecified atom stereocenters. The summed E-state index contributed by atoms with van der Waals surface area (Å²) < 4.78 is 1.85. The summed E-state index contributed by atoms with van der Waals surface area (Å²) in [6.07, 6.45) is 5.08. The molecular weight excluding hydrogens is 414 g/mol. The minimum atomic E-state index is -1.13. The molecule has 10 heteroatoms. The zero-order valence-electron chi connectivity index (χ0n) is 15.1. The van der Waals surface area contributed by atoms with Crippen LogP contribution in [0.15, 0.2) is 60.5 Å². The van der Waals surface area contributed by atoms with Crippen LogP contribution in [-0.4, -0.2) is 42.5 Å². The summed E-state index contributed by atoms with van der Waals surface area (Å²) in [5, 5.41) is 20.7. The highest BCUT2D eigenvalue weighted by atomic mass is 35.5. The molecule has 3 aromatic rings. The number of anilines is 1. The highest BCUT2D eigenvalue weighted by Gasteiger charge is 2.16. The molecule has 2 aromatic heterocycles. The number of aromatic carboxylic acids is 1. The predicted molar refractivity (Wildman–Crippen MR) is 111 cm³/mol. The lowest BCUT2D eigenvalue weighted by atomic mass is 10.2. The summed E-state index contributed by atoms with van der Waals surface area (Å²) in [4.78, 5) is 27.4. The molecule has 0 aliphatic carbocycles. The van der Waals surface area contributed by atoms with Crippen LogP contribution in [0.2, 0.25) is 5.02 Å². The van der Waals surface area contributed by atoms with E-state index in [9.17, 15) is 9.59 Å². The van der Waals surface area contributed by atoms with Gasteiger partial charge in [-0.05, 0) is 30.3 Å². The Labute approximate surface area is 175 Å². The van der Waals surface area contributed by atoms with Crippen molar-refractivity contribution in [3.05, 3.63) is 66.0 Å². The van der Waals surface area contributed by atoms with Gasteiger partial charge in [-0.15, -0.1) is 16.8 Å². The van der Waals surface area contributed by atoms with Crippen molar-refractivity contribution in [3.8, 4) is 11.4 Å². The summed E-state index contributed by atoms with van der Waals surface area (Å²) >= 11 is 7.15. The van der Waals surface area contributed by atoms with Crippen molar-refractivity contribution in [1.82, 2.24) is 19.7 Å². The SMILES string of the molecule is C=CCn1c(SCC(=O)Nc2ccc(C(=O)O)c(Cl)c2)nnc1-c1cccnc1. The molecule has 3 rings (SSSR count). The van der Waals surface area contributed by atoms with Crippen LogP contribution in [-0.2, 0) is 11.3 Å². The number of aromatic nitrogens is 4. The quantitative estimate of drug-likeness (QED) is 0.415. The van der Waals surface area contributed by atoms with Gasteiger partial charge in [0.15, 0.2) is 11.0 Å². The summed E-state index contributed by atoms with van der Waals surface area (Å²) in [5.41, 5.74) is 1.19. The smallest absolute Gasteiger partial charge is 0.337 e. The summed E-state index contributed by atoms with van der Waals surface area (Å²) in [5.74, 6) is -0.697. The largest absolute Gasteiger partial charge is 0.478 e. The van der Waals surface area contributed by atoms with Gasteiger partial charge >= 0.3 is 5.97 Å². The van der Waals surface area contributed by atoms with Gasteiger partial charge in [-0.3, -0.25) is 14.3 Å². The van der Waals surface area contributed by atoms with Crippen LogP contribution in [0.5, 0.6) is 0 Å². The van der Waals surface area contributed by atoms with E-state index in [1.807, 2.05) is 16.7 Å². The van der Waals surface area contributed by atoms with Gasteiger partial charge in [0, 0.05) is 30.2 Å². The van der Waals surface area contributed by atoms with Gasteiger partial charge in [-0.1, -0.05) is 29.4 Å². The molecule has 0 aliphatic rings. The number of carboxylic acids is 1. The number of hydrogen-bond acceptors (Lipinski definition) is 6. The minimum absolute atomic E-state index is 0.0282. The van der Waals surface area contributed by atoms with Gasteiger partial charge in [0.2, 0.25) is 5.91 Å². The van der Waals surface area contributed by atoms with Crippen LogP contribution in [0.25, 0.3) is 11.4 Å². The molecule has 148 valence electrons. The molecule has 0 saturated carbocycles. The first-order valence-electron chi connectivity index (χ1n) is 8.39. The minimum Gasteiger partial charge on any atom is -0.478 e. The van der Waals surface area contributed by atoms with E-state index in [2.05, 4.69) is 27.1 Å². The van der Waals surface area contributed by atoms with Gasteiger partial charge in [-0.25, -0.2) is 4.79 Å². The Morgan fingerprint density at radius 2 is 2.14 bits per heavy atom. The number of carbonyl (C=O) groups excluding carboxylic acids is 1. The number of nitrogens with one attached hydrogen (secondary N) is 1. The summed E-state index contributed by atoms with van der Waals surface area (Å²) in [7, 11) is 0. The van der Waals surface area contributed by atoms with Gasteiger partial charge in [-0.2, -0.15) is 0 Å². The Balaban J connectivity index is 1.69. The lowest BCUT2D eigenvalue weighted by Crippen LogP contribution is -2.15. The van der Waals surface area contributed by atoms with Crippen molar-refractivity contribution >= 4 is 40.9 Å². The number of halogens is 1. The van der Waals surface area contributed by atoms with Crippen LogP contribution in [0.1, 0.15) is 10.4 Å². The zero-order valence-corrected chi connectivity index (χ0v) is 16.7. The maximum Gasteiger partial charge on any atom is 0.337 e. The molecule has 0 radical (unpaired) electrons. The first-order chi connectivity index (χ1) is 14.0. The standard InChI is InChI=1S/C19H16ClN5O3S/c1-2-8-25-17(12-4-3-7-21-10-12)23-24-19(25)29-11-16(26)22-13-5-6-14(18(27)28)15(20)9-13/h2-7,9-10H,1,8,11H2,(H,22,26)(H,27,28). The fraction of sp³-hybridized carbons (Fsp3) is 0.105.